The van der Waals surface area contributed by atoms with Crippen LogP contribution in [0.25, 0.3) is 6.08 Å². The highest BCUT2D eigenvalue weighted by Gasteiger charge is 2.42. The molecular weight excluding hydrogens is 404 g/mol. The van der Waals surface area contributed by atoms with Gasteiger partial charge in [-0.05, 0) is 41.5 Å². The van der Waals surface area contributed by atoms with E-state index in [-0.39, 0.29) is 5.78 Å². The Morgan fingerprint density at radius 1 is 1.23 bits per heavy atom. The molecule has 0 bridgehead atoms. The van der Waals surface area contributed by atoms with Crippen LogP contribution in [0.1, 0.15) is 40.7 Å². The summed E-state index contributed by atoms with van der Waals surface area (Å²) in [4.78, 5) is 26.4. The van der Waals surface area contributed by atoms with Gasteiger partial charge in [-0.25, -0.2) is 5.48 Å². The number of carbonyl (C=O) groups excluding carboxylic acids is 2. The first-order chi connectivity index (χ1) is 14.5. The molecule has 2 aliphatic heterocycles. The largest absolute Gasteiger partial charge is 0.486 e. The molecule has 7 heteroatoms. The van der Waals surface area contributed by atoms with Gasteiger partial charge in [0, 0.05) is 43.6 Å². The van der Waals surface area contributed by atoms with Gasteiger partial charge < -0.3 is 4.74 Å². The Morgan fingerprint density at radius 3 is 2.77 bits per heavy atom. The van der Waals surface area contributed by atoms with Crippen molar-refractivity contribution < 1.29 is 19.5 Å². The van der Waals surface area contributed by atoms with Gasteiger partial charge >= 0.3 is 0 Å². The van der Waals surface area contributed by atoms with Crippen molar-refractivity contribution in [2.75, 3.05) is 13.1 Å². The fourth-order valence-electron chi connectivity index (χ4n) is 4.12. The molecule has 2 heterocycles. The van der Waals surface area contributed by atoms with E-state index in [0.29, 0.717) is 23.3 Å². The van der Waals surface area contributed by atoms with Crippen molar-refractivity contribution in [1.82, 2.24) is 10.4 Å². The lowest BCUT2D eigenvalue weighted by Gasteiger charge is -2.44. The van der Waals surface area contributed by atoms with Crippen LogP contribution in [0.2, 0.25) is 5.02 Å². The summed E-state index contributed by atoms with van der Waals surface area (Å²) in [5, 5.41) is 9.31. The molecule has 156 valence electrons. The van der Waals surface area contributed by atoms with Crippen molar-refractivity contribution in [3.8, 4) is 5.75 Å². The van der Waals surface area contributed by atoms with Crippen molar-refractivity contribution in [2.45, 2.75) is 31.4 Å². The lowest BCUT2D eigenvalue weighted by atomic mass is 9.82. The van der Waals surface area contributed by atoms with Crippen LogP contribution in [0.15, 0.2) is 48.5 Å². The Morgan fingerprint density at radius 2 is 2.03 bits per heavy atom. The van der Waals surface area contributed by atoms with Crippen LogP contribution in [0.3, 0.4) is 0 Å². The van der Waals surface area contributed by atoms with Crippen molar-refractivity contribution in [1.29, 1.82) is 0 Å². The predicted octanol–water partition coefficient (Wildman–Crippen LogP) is 3.86. The van der Waals surface area contributed by atoms with Crippen LogP contribution >= 0.6 is 11.6 Å². The standard InChI is InChI=1S/C23H23ClN2O4/c24-18-3-1-2-17(12-18)15-26-10-8-23(9-11-26)14-20(27)19-13-16(4-6-21(19)30-23)5-7-22(28)25-29/h1-7,12-13,29H,8-11,14-15H2,(H,25,28)/b7-5+. The fraction of sp³-hybridized carbons (Fsp3) is 0.304. The molecule has 2 aromatic carbocycles. The molecule has 0 saturated carbocycles. The molecular formula is C23H23ClN2O4. The molecule has 2 aliphatic rings. The minimum atomic E-state index is -0.626. The van der Waals surface area contributed by atoms with Gasteiger partial charge in [-0.2, -0.15) is 0 Å². The number of hydrogen-bond acceptors (Lipinski definition) is 5. The van der Waals surface area contributed by atoms with Gasteiger partial charge in [0.15, 0.2) is 5.78 Å². The summed E-state index contributed by atoms with van der Waals surface area (Å²) in [7, 11) is 0. The number of fused-ring (bicyclic) bond motifs is 1. The number of nitrogens with zero attached hydrogens (tertiary/aromatic N) is 1. The van der Waals surface area contributed by atoms with Crippen molar-refractivity contribution in [2.24, 2.45) is 0 Å². The van der Waals surface area contributed by atoms with E-state index in [2.05, 4.69) is 11.0 Å². The van der Waals surface area contributed by atoms with Gasteiger partial charge in [0.05, 0.1) is 12.0 Å². The molecule has 1 fully saturated rings. The van der Waals surface area contributed by atoms with Crippen LogP contribution in [-0.2, 0) is 11.3 Å². The fourth-order valence-corrected chi connectivity index (χ4v) is 4.33. The summed E-state index contributed by atoms with van der Waals surface area (Å²) in [5.41, 5.74) is 3.50. The number of Topliss-reactive ketones (excluding diaryl/α,β-unsaturated/α-hetero) is 1. The lowest BCUT2D eigenvalue weighted by molar-refractivity contribution is -0.124. The van der Waals surface area contributed by atoms with Gasteiger partial charge in [0.1, 0.15) is 11.4 Å². The number of nitrogens with one attached hydrogen (secondary N) is 1. The molecule has 1 spiro atoms. The molecule has 30 heavy (non-hydrogen) atoms. The van der Waals surface area contributed by atoms with Crippen LogP contribution in [0.4, 0.5) is 0 Å². The quantitative estimate of drug-likeness (QED) is 0.441. The Hall–Kier alpha value is -2.67. The first-order valence-corrected chi connectivity index (χ1v) is 10.3. The second-order valence-electron chi connectivity index (χ2n) is 7.86. The third-order valence-electron chi connectivity index (χ3n) is 5.71. The summed E-state index contributed by atoms with van der Waals surface area (Å²) >= 11 is 6.09. The van der Waals surface area contributed by atoms with Crippen molar-refractivity contribution >= 4 is 29.4 Å². The summed E-state index contributed by atoms with van der Waals surface area (Å²) in [6.07, 6.45) is 4.67. The van der Waals surface area contributed by atoms with E-state index >= 15 is 0 Å². The summed E-state index contributed by atoms with van der Waals surface area (Å²) < 4.78 is 6.34. The van der Waals surface area contributed by atoms with Crippen LogP contribution < -0.4 is 10.2 Å². The molecule has 0 aliphatic carbocycles. The topological polar surface area (TPSA) is 78.9 Å². The number of piperidine rings is 1. The SMILES string of the molecule is O=C(/C=C/c1ccc2c(c1)C(=O)CC1(CCN(Cc3cccc(Cl)c3)CC1)O2)NO. The van der Waals surface area contributed by atoms with E-state index in [1.165, 1.54) is 23.2 Å². The first-order valence-electron chi connectivity index (χ1n) is 9.92. The molecule has 6 nitrogen and oxygen atoms in total. The molecule has 2 aromatic rings. The number of hydrogen-bond donors (Lipinski definition) is 2. The number of hydroxylamine groups is 1. The Balaban J connectivity index is 1.43. The molecule has 1 saturated heterocycles. The van der Waals surface area contributed by atoms with Crippen LogP contribution in [-0.4, -0.2) is 40.5 Å². The van der Waals surface area contributed by atoms with E-state index in [4.69, 9.17) is 21.5 Å². The van der Waals surface area contributed by atoms with Gasteiger partial charge in [0.25, 0.3) is 5.91 Å². The van der Waals surface area contributed by atoms with Crippen LogP contribution in [0.5, 0.6) is 5.75 Å². The molecule has 1 amide bonds. The van der Waals surface area contributed by atoms with Crippen molar-refractivity contribution in [3.63, 3.8) is 0 Å². The summed E-state index contributed by atoms with van der Waals surface area (Å²) in [5.74, 6) is 0.0264. The Kier molecular flexibility index (Phi) is 5.90. The zero-order chi connectivity index (χ0) is 21.1. The zero-order valence-electron chi connectivity index (χ0n) is 16.4. The van der Waals surface area contributed by atoms with E-state index in [1.54, 1.807) is 18.2 Å². The predicted molar refractivity (Wildman–Crippen MR) is 114 cm³/mol. The number of halogens is 1. The molecule has 4 rings (SSSR count). The highest BCUT2D eigenvalue weighted by atomic mass is 35.5. The second kappa shape index (κ2) is 8.60. The van der Waals surface area contributed by atoms with E-state index in [1.807, 2.05) is 18.2 Å². The molecule has 0 unspecified atom stereocenters. The number of amides is 1. The average Bonchev–Trinajstić information content (AvgIpc) is 2.74. The van der Waals surface area contributed by atoms with Crippen LogP contribution in [0, 0.1) is 0 Å². The number of likely N-dealkylation sites (tertiary alicyclic amines) is 1. The van der Waals surface area contributed by atoms with E-state index < -0.39 is 11.5 Å². The maximum atomic E-state index is 12.9. The summed E-state index contributed by atoms with van der Waals surface area (Å²) in [6.45, 7) is 2.54. The van der Waals surface area contributed by atoms with Gasteiger partial charge in [-0.15, -0.1) is 0 Å². The second-order valence-corrected chi connectivity index (χ2v) is 8.29. The normalized spacial score (nSPS) is 18.3. The molecule has 0 atom stereocenters. The van der Waals surface area contributed by atoms with Crippen molar-refractivity contribution in [3.05, 3.63) is 70.3 Å². The van der Waals surface area contributed by atoms with Gasteiger partial charge in [-0.3, -0.25) is 19.7 Å². The van der Waals surface area contributed by atoms with Gasteiger partial charge in [0.2, 0.25) is 0 Å². The Bertz CT molecular complexity index is 996. The third kappa shape index (κ3) is 4.56. The lowest BCUT2D eigenvalue weighted by Crippen LogP contribution is -2.50. The van der Waals surface area contributed by atoms with E-state index in [9.17, 15) is 9.59 Å². The third-order valence-corrected chi connectivity index (χ3v) is 5.95. The maximum absolute atomic E-state index is 12.9. The Labute approximate surface area is 180 Å². The number of ether oxygens (including phenoxy) is 1. The maximum Gasteiger partial charge on any atom is 0.267 e. The van der Waals surface area contributed by atoms with Gasteiger partial charge in [-0.1, -0.05) is 29.8 Å². The first kappa shape index (κ1) is 20.6. The number of carbonyl (C=O) groups is 2. The minimum Gasteiger partial charge on any atom is -0.486 e. The number of rotatable bonds is 4. The zero-order valence-corrected chi connectivity index (χ0v) is 17.2. The number of ketones is 1. The monoisotopic (exact) mass is 426 g/mol. The van der Waals surface area contributed by atoms with E-state index in [0.717, 1.165) is 37.5 Å². The average molecular weight is 427 g/mol. The minimum absolute atomic E-state index is 0.0569. The number of benzene rings is 2. The highest BCUT2D eigenvalue weighted by molar-refractivity contribution is 6.30. The highest BCUT2D eigenvalue weighted by Crippen LogP contribution is 2.40. The molecule has 2 N–H and O–H groups in total. The smallest absolute Gasteiger partial charge is 0.267 e. The molecule has 0 aromatic heterocycles. The summed E-state index contributed by atoms with van der Waals surface area (Å²) in [6, 6.07) is 13.2. The molecule has 0 radical (unpaired) electrons.